The van der Waals surface area contributed by atoms with Gasteiger partial charge in [0.25, 0.3) is 0 Å². The summed E-state index contributed by atoms with van der Waals surface area (Å²) in [6, 6.07) is 0. The van der Waals surface area contributed by atoms with E-state index in [2.05, 4.69) is 13.8 Å². The van der Waals surface area contributed by atoms with Gasteiger partial charge in [-0.15, -0.1) is 0 Å². The Morgan fingerprint density at radius 1 is 0.488 bits per heavy atom. The van der Waals surface area contributed by atoms with E-state index in [1.54, 1.807) is 0 Å². The van der Waals surface area contributed by atoms with Gasteiger partial charge in [0.1, 0.15) is 0 Å². The summed E-state index contributed by atoms with van der Waals surface area (Å²) < 4.78 is 9.51. The van der Waals surface area contributed by atoms with Crippen molar-refractivity contribution in [2.75, 3.05) is 0 Å². The zero-order valence-electron chi connectivity index (χ0n) is 25.8. The van der Waals surface area contributed by atoms with Crippen molar-refractivity contribution in [3.63, 3.8) is 0 Å². The summed E-state index contributed by atoms with van der Waals surface area (Å²) in [5, 5.41) is 20.3. The zero-order valence-corrected chi connectivity index (χ0v) is 28.8. The fraction of sp³-hybridized carbons (Fsp3) is 0.750. The second kappa shape index (κ2) is 36.0. The first-order valence-corrected chi connectivity index (χ1v) is 15.4. The van der Waals surface area contributed by atoms with Crippen LogP contribution in [0.2, 0.25) is 0 Å². The molecule has 0 saturated carbocycles. The molecule has 0 bridgehead atoms. The maximum absolute atomic E-state index is 11.0. The summed E-state index contributed by atoms with van der Waals surface area (Å²) in [5.41, 5.74) is 0. The van der Waals surface area contributed by atoms with E-state index >= 15 is 0 Å². The normalized spacial score (nSPS) is 10.6. The summed E-state index contributed by atoms with van der Waals surface area (Å²) in [6.45, 7) is 4.44. The number of carbonyl (C=O) groups is 4. The number of unbranched alkanes of at least 4 members (excludes halogenated alkanes) is 16. The topological polar surface area (TPSA) is 133 Å². The van der Waals surface area contributed by atoms with Crippen LogP contribution in [0.3, 0.4) is 0 Å². The first-order valence-electron chi connectivity index (χ1n) is 15.4. The van der Waals surface area contributed by atoms with Crippen LogP contribution in [0.5, 0.6) is 0 Å². The summed E-state index contributed by atoms with van der Waals surface area (Å²) in [4.78, 5) is 42.3. The quantitative estimate of drug-likeness (QED) is 0.0476. The standard InChI is InChI=1S/2C16H28O4.Zn/c2*1-2-3-4-5-6-7-8-9-10-11-14-20-16(19)13-12-15(17)18;/h2*11,14H,2-10,12-13H2,1H3,(H,17,18);/q;;+2/p-2. The van der Waals surface area contributed by atoms with Gasteiger partial charge in [-0.05, 0) is 50.7 Å². The Labute approximate surface area is 261 Å². The van der Waals surface area contributed by atoms with Crippen LogP contribution < -0.4 is 10.2 Å². The molecule has 0 aliphatic heterocycles. The molecular weight excluding hydrogens is 578 g/mol. The van der Waals surface area contributed by atoms with Crippen molar-refractivity contribution in [2.45, 2.75) is 155 Å². The molecular formula is C32H54O8Zn. The number of carboxylic acid groups (broad SMARTS) is 2. The molecule has 0 spiro atoms. The Balaban J connectivity index is -0.000000688. The summed E-state index contributed by atoms with van der Waals surface area (Å²) in [7, 11) is 0. The van der Waals surface area contributed by atoms with Crippen LogP contribution in [-0.2, 0) is 48.1 Å². The average molecular weight is 632 g/mol. The molecule has 0 amide bonds. The maximum atomic E-state index is 11.0. The van der Waals surface area contributed by atoms with Crippen LogP contribution in [0, 0.1) is 0 Å². The van der Waals surface area contributed by atoms with Gasteiger partial charge in [0.15, 0.2) is 0 Å². The molecule has 0 aromatic carbocycles. The molecule has 41 heavy (non-hydrogen) atoms. The average Bonchev–Trinajstić information content (AvgIpc) is 2.92. The zero-order chi connectivity index (χ0) is 30.1. The minimum atomic E-state index is -1.23. The Morgan fingerprint density at radius 3 is 1.07 bits per heavy atom. The molecule has 0 aromatic rings. The molecule has 0 rings (SSSR count). The smallest absolute Gasteiger partial charge is 0.550 e. The van der Waals surface area contributed by atoms with E-state index < -0.39 is 23.9 Å². The van der Waals surface area contributed by atoms with Gasteiger partial charge in [-0.3, -0.25) is 9.59 Å². The van der Waals surface area contributed by atoms with Crippen LogP contribution in [0.15, 0.2) is 24.7 Å². The third-order valence-corrected chi connectivity index (χ3v) is 6.11. The van der Waals surface area contributed by atoms with Crippen molar-refractivity contribution >= 4 is 23.9 Å². The minimum Gasteiger partial charge on any atom is -0.550 e. The third-order valence-electron chi connectivity index (χ3n) is 6.11. The second-order valence-corrected chi connectivity index (χ2v) is 9.99. The first-order chi connectivity index (χ1) is 19.3. The van der Waals surface area contributed by atoms with Gasteiger partial charge < -0.3 is 29.3 Å². The molecule has 0 saturated heterocycles. The van der Waals surface area contributed by atoms with Crippen LogP contribution in [-0.4, -0.2) is 23.9 Å². The van der Waals surface area contributed by atoms with E-state index in [4.69, 9.17) is 9.47 Å². The minimum absolute atomic E-state index is 0. The molecule has 0 aliphatic rings. The van der Waals surface area contributed by atoms with Gasteiger partial charge in [0.2, 0.25) is 0 Å². The number of ether oxygens (including phenoxy) is 2. The number of esters is 2. The number of rotatable bonds is 26. The van der Waals surface area contributed by atoms with Gasteiger partial charge in [0, 0.05) is 11.9 Å². The number of aliphatic carboxylic acids is 2. The fourth-order valence-electron chi connectivity index (χ4n) is 3.70. The fourth-order valence-corrected chi connectivity index (χ4v) is 3.70. The van der Waals surface area contributed by atoms with Crippen molar-refractivity contribution < 1.29 is 58.3 Å². The molecule has 0 unspecified atom stereocenters. The molecule has 0 radical (unpaired) electrons. The van der Waals surface area contributed by atoms with Gasteiger partial charge >= 0.3 is 31.4 Å². The molecule has 0 aliphatic carbocycles. The SMILES string of the molecule is CCCCCCCCCCC=COC(=O)CCC(=O)[O-].CCCCCCCCCCC=COC(=O)CCC(=O)[O-].[Zn+2]. The molecule has 9 heteroatoms. The summed E-state index contributed by atoms with van der Waals surface area (Å²) in [5.74, 6) is -3.52. The Morgan fingerprint density at radius 2 is 0.780 bits per heavy atom. The summed E-state index contributed by atoms with van der Waals surface area (Å²) >= 11 is 0. The van der Waals surface area contributed by atoms with E-state index in [1.807, 2.05) is 12.2 Å². The number of hydrogen-bond donors (Lipinski definition) is 0. The predicted octanol–water partition coefficient (Wildman–Crippen LogP) is 6.21. The molecule has 8 nitrogen and oxygen atoms in total. The second-order valence-electron chi connectivity index (χ2n) is 9.99. The Bertz CT molecular complexity index is 633. The summed E-state index contributed by atoms with van der Waals surface area (Å²) in [6.07, 6.45) is 27.6. The van der Waals surface area contributed by atoms with Crippen LogP contribution in [0.1, 0.15) is 155 Å². The van der Waals surface area contributed by atoms with Crippen molar-refractivity contribution in [1.82, 2.24) is 0 Å². The van der Waals surface area contributed by atoms with E-state index in [1.165, 1.54) is 102 Å². The number of hydrogen-bond acceptors (Lipinski definition) is 8. The van der Waals surface area contributed by atoms with Crippen molar-refractivity contribution in [1.29, 1.82) is 0 Å². The third kappa shape index (κ3) is 42.6. The number of carboxylic acids is 2. The maximum Gasteiger partial charge on any atom is 2.00 e. The predicted molar refractivity (Wildman–Crippen MR) is 153 cm³/mol. The molecule has 0 fully saturated rings. The molecule has 0 N–H and O–H groups in total. The Hall–Kier alpha value is -2.02. The van der Waals surface area contributed by atoms with Crippen LogP contribution in [0.25, 0.3) is 0 Å². The van der Waals surface area contributed by atoms with Crippen molar-refractivity contribution in [2.24, 2.45) is 0 Å². The van der Waals surface area contributed by atoms with Gasteiger partial charge in [-0.25, -0.2) is 0 Å². The van der Waals surface area contributed by atoms with Crippen molar-refractivity contribution in [3.8, 4) is 0 Å². The van der Waals surface area contributed by atoms with Crippen molar-refractivity contribution in [3.05, 3.63) is 24.7 Å². The van der Waals surface area contributed by atoms with Gasteiger partial charge in [-0.1, -0.05) is 104 Å². The molecule has 0 heterocycles. The van der Waals surface area contributed by atoms with E-state index in [9.17, 15) is 29.4 Å². The monoisotopic (exact) mass is 630 g/mol. The van der Waals surface area contributed by atoms with Crippen LogP contribution in [0.4, 0.5) is 0 Å². The van der Waals surface area contributed by atoms with Crippen LogP contribution >= 0.6 is 0 Å². The Kier molecular flexibility index (Phi) is 38.2. The van der Waals surface area contributed by atoms with E-state index in [0.29, 0.717) is 0 Å². The molecule has 232 valence electrons. The largest absolute Gasteiger partial charge is 2.00 e. The molecule has 0 aromatic heterocycles. The van der Waals surface area contributed by atoms with E-state index in [-0.39, 0.29) is 45.2 Å². The number of allylic oxidation sites excluding steroid dienone is 2. The first kappa shape index (κ1) is 43.4. The van der Waals surface area contributed by atoms with Gasteiger partial charge in [-0.2, -0.15) is 0 Å². The number of carbonyl (C=O) groups excluding carboxylic acids is 4. The molecule has 0 atom stereocenters. The van der Waals surface area contributed by atoms with Gasteiger partial charge in [0.05, 0.1) is 25.4 Å². The van der Waals surface area contributed by atoms with E-state index in [0.717, 1.165) is 25.7 Å².